The van der Waals surface area contributed by atoms with E-state index < -0.39 is 49.9 Å². The Labute approximate surface area is 266 Å². The van der Waals surface area contributed by atoms with Crippen LogP contribution in [0.25, 0.3) is 5.69 Å². The van der Waals surface area contributed by atoms with Gasteiger partial charge in [-0.1, -0.05) is 0 Å². The van der Waals surface area contributed by atoms with E-state index in [1.165, 1.54) is 35.2 Å². The lowest BCUT2D eigenvalue weighted by Crippen LogP contribution is -2.51. The first kappa shape index (κ1) is 31.8. The predicted octanol–water partition coefficient (Wildman–Crippen LogP) is 2.66. The number of benzene rings is 2. The SMILES string of the molecule is CN1CC(Oc2cc(C(N)=O)c(C(=O)Nc3n[nH]c4c3CN(S(=O)(=O)c3cc(F)cc(F)c3)C4(C)C)cc2-n2ccc(C(=O)O)c2)C1. The summed E-state index contributed by atoms with van der Waals surface area (Å²) in [5, 5.41) is 19.0. The van der Waals surface area contributed by atoms with Crippen LogP contribution in [-0.4, -0.2) is 81.5 Å². The second kappa shape index (κ2) is 11.3. The highest BCUT2D eigenvalue weighted by Gasteiger charge is 2.48. The Balaban J connectivity index is 1.36. The van der Waals surface area contributed by atoms with E-state index in [2.05, 4.69) is 15.5 Å². The van der Waals surface area contributed by atoms with Crippen molar-refractivity contribution in [1.82, 2.24) is 24.0 Å². The Morgan fingerprint density at radius 1 is 1.11 bits per heavy atom. The number of likely N-dealkylation sites (tertiary alicyclic amines) is 1. The molecule has 0 spiro atoms. The van der Waals surface area contributed by atoms with Crippen molar-refractivity contribution in [1.29, 1.82) is 0 Å². The van der Waals surface area contributed by atoms with Crippen molar-refractivity contribution in [3.8, 4) is 11.4 Å². The van der Waals surface area contributed by atoms with Crippen molar-refractivity contribution >= 4 is 33.6 Å². The molecular weight excluding hydrogens is 640 g/mol. The monoisotopic (exact) mass is 669 g/mol. The van der Waals surface area contributed by atoms with Crippen LogP contribution < -0.4 is 15.8 Å². The summed E-state index contributed by atoms with van der Waals surface area (Å²) in [5.74, 6) is -4.93. The molecule has 47 heavy (non-hydrogen) atoms. The standard InChI is InChI=1S/C30H29F2N7O7S/c1-30(2)25-22(14-39(30)47(44,45)19-7-16(31)6-17(32)8-19)27(36-35-25)34-28(41)21-9-23(38-5-4-15(11-38)29(42)43)24(10-20(21)26(33)40)46-18-12-37(3)13-18/h4-11,18H,12-14H2,1-3H3,(H2,33,40)(H,42,43)(H2,34,35,36,41). The van der Waals surface area contributed by atoms with Crippen LogP contribution in [0, 0.1) is 11.6 Å². The number of hydrogen-bond acceptors (Lipinski definition) is 8. The maximum Gasteiger partial charge on any atom is 0.337 e. The van der Waals surface area contributed by atoms with Gasteiger partial charge in [0.1, 0.15) is 23.5 Å². The number of primary amides is 1. The number of likely N-dealkylation sites (N-methyl/N-ethyl adjacent to an activating group) is 1. The molecule has 5 N–H and O–H groups in total. The normalized spacial score (nSPS) is 16.4. The number of fused-ring (bicyclic) bond motifs is 1. The first-order valence-corrected chi connectivity index (χ1v) is 15.6. The van der Waals surface area contributed by atoms with E-state index in [9.17, 15) is 36.7 Å². The molecule has 0 atom stereocenters. The molecule has 246 valence electrons. The van der Waals surface area contributed by atoms with Crippen LogP contribution in [-0.2, 0) is 22.1 Å². The summed E-state index contributed by atoms with van der Waals surface area (Å²) in [6, 6.07) is 6.00. The third-order valence-electron chi connectivity index (χ3n) is 8.21. The van der Waals surface area contributed by atoms with Crippen LogP contribution in [0.5, 0.6) is 5.75 Å². The van der Waals surface area contributed by atoms with Crippen molar-refractivity contribution < 1.29 is 41.4 Å². The number of nitrogens with two attached hydrogens (primary N) is 1. The topological polar surface area (TPSA) is 193 Å². The number of carboxylic acids is 1. The average Bonchev–Trinajstić information content (AvgIpc) is 3.68. The largest absolute Gasteiger partial charge is 0.486 e. The van der Waals surface area contributed by atoms with Crippen molar-refractivity contribution in [2.24, 2.45) is 5.73 Å². The summed E-state index contributed by atoms with van der Waals surface area (Å²) in [7, 11) is -2.53. The minimum Gasteiger partial charge on any atom is -0.486 e. The molecule has 1 fully saturated rings. The van der Waals surface area contributed by atoms with E-state index >= 15 is 0 Å². The molecule has 4 aromatic rings. The van der Waals surface area contributed by atoms with Crippen LogP contribution >= 0.6 is 0 Å². The number of nitrogens with zero attached hydrogens (tertiary/aromatic N) is 4. The third kappa shape index (κ3) is 5.61. The van der Waals surface area contributed by atoms with Gasteiger partial charge in [-0.2, -0.15) is 9.40 Å². The lowest BCUT2D eigenvalue weighted by molar-refractivity contribution is 0.0387. The lowest BCUT2D eigenvalue weighted by atomic mass is 10.0. The summed E-state index contributed by atoms with van der Waals surface area (Å²) >= 11 is 0. The van der Waals surface area contributed by atoms with E-state index in [1.54, 1.807) is 13.8 Å². The Hall–Kier alpha value is -5.13. The molecule has 0 radical (unpaired) electrons. The predicted molar refractivity (Wildman–Crippen MR) is 162 cm³/mol. The van der Waals surface area contributed by atoms with Gasteiger partial charge in [0.25, 0.3) is 5.91 Å². The molecule has 0 bridgehead atoms. The minimum atomic E-state index is -4.43. The summed E-state index contributed by atoms with van der Waals surface area (Å²) < 4.78 is 63.5. The van der Waals surface area contributed by atoms with Gasteiger partial charge in [-0.25, -0.2) is 22.0 Å². The molecule has 2 aliphatic rings. The molecule has 0 unspecified atom stereocenters. The number of carboxylic acid groups (broad SMARTS) is 1. The molecule has 1 saturated heterocycles. The molecule has 2 aromatic heterocycles. The van der Waals surface area contributed by atoms with Crippen molar-refractivity contribution in [2.45, 2.75) is 36.9 Å². The number of nitrogens with one attached hydrogen (secondary N) is 2. The van der Waals surface area contributed by atoms with E-state index in [1.807, 2.05) is 11.9 Å². The number of halogens is 2. The third-order valence-corrected chi connectivity index (χ3v) is 10.2. The number of sulfonamides is 1. The van der Waals surface area contributed by atoms with Gasteiger partial charge in [0.2, 0.25) is 15.9 Å². The molecule has 0 aliphatic carbocycles. The number of aromatic amines is 1. The fourth-order valence-electron chi connectivity index (χ4n) is 5.78. The molecule has 2 amide bonds. The van der Waals surface area contributed by atoms with Gasteiger partial charge in [0.15, 0.2) is 5.82 Å². The number of aromatic carboxylic acids is 1. The number of H-pyrrole nitrogens is 1. The summed E-state index contributed by atoms with van der Waals surface area (Å²) in [5.41, 5.74) is 4.87. The number of rotatable bonds is 9. The fourth-order valence-corrected chi connectivity index (χ4v) is 7.55. The molecule has 14 nitrogen and oxygen atoms in total. The highest BCUT2D eigenvalue weighted by Crippen LogP contribution is 2.44. The second-order valence-corrected chi connectivity index (χ2v) is 13.7. The van der Waals surface area contributed by atoms with E-state index in [4.69, 9.17) is 10.5 Å². The maximum absolute atomic E-state index is 13.9. The van der Waals surface area contributed by atoms with Gasteiger partial charge in [-0.3, -0.25) is 19.6 Å². The number of carbonyl (C=O) groups excluding carboxylic acids is 2. The summed E-state index contributed by atoms with van der Waals surface area (Å²) in [4.78, 5) is 39.4. The number of amides is 2. The zero-order valence-corrected chi connectivity index (χ0v) is 26.1. The second-order valence-electron chi connectivity index (χ2n) is 11.9. The Kier molecular flexibility index (Phi) is 7.65. The molecular formula is C30H29F2N7O7S. The van der Waals surface area contributed by atoms with Gasteiger partial charge >= 0.3 is 5.97 Å². The number of hydrogen-bond donors (Lipinski definition) is 4. The maximum atomic E-state index is 13.9. The number of aromatic nitrogens is 3. The molecule has 17 heteroatoms. The van der Waals surface area contributed by atoms with E-state index in [0.29, 0.717) is 37.0 Å². The first-order valence-electron chi connectivity index (χ1n) is 14.2. The zero-order valence-electron chi connectivity index (χ0n) is 25.2. The Morgan fingerprint density at radius 2 is 1.79 bits per heavy atom. The minimum absolute atomic E-state index is 0.0282. The van der Waals surface area contributed by atoms with Crippen molar-refractivity contribution in [2.75, 3.05) is 25.5 Å². The van der Waals surface area contributed by atoms with Gasteiger partial charge in [0, 0.05) is 43.7 Å². The Bertz CT molecular complexity index is 2050. The first-order chi connectivity index (χ1) is 22.1. The molecule has 6 rings (SSSR count). The highest BCUT2D eigenvalue weighted by atomic mass is 32.2. The van der Waals surface area contributed by atoms with Crippen molar-refractivity contribution in [3.63, 3.8) is 0 Å². The van der Waals surface area contributed by atoms with Crippen LogP contribution in [0.2, 0.25) is 0 Å². The van der Waals surface area contributed by atoms with Crippen molar-refractivity contribution in [3.05, 3.63) is 88.4 Å². The van der Waals surface area contributed by atoms with Crippen LogP contribution in [0.4, 0.5) is 14.6 Å². The average molecular weight is 670 g/mol. The molecule has 2 aliphatic heterocycles. The summed E-state index contributed by atoms with van der Waals surface area (Å²) in [6.07, 6.45) is 2.56. The van der Waals surface area contributed by atoms with E-state index in [0.717, 1.165) is 4.31 Å². The smallest absolute Gasteiger partial charge is 0.337 e. The zero-order chi connectivity index (χ0) is 34.0. The molecule has 2 aromatic carbocycles. The van der Waals surface area contributed by atoms with Crippen LogP contribution in [0.1, 0.15) is 56.2 Å². The summed E-state index contributed by atoms with van der Waals surface area (Å²) in [6.45, 7) is 4.01. The number of ether oxygens (including phenoxy) is 1. The lowest BCUT2D eigenvalue weighted by Gasteiger charge is -2.36. The van der Waals surface area contributed by atoms with Gasteiger partial charge < -0.3 is 25.5 Å². The molecule has 4 heterocycles. The quantitative estimate of drug-likeness (QED) is 0.207. The van der Waals surface area contributed by atoms with E-state index in [-0.39, 0.29) is 52.2 Å². The molecule has 0 saturated carbocycles. The van der Waals surface area contributed by atoms with Crippen LogP contribution in [0.15, 0.2) is 53.7 Å². The number of anilines is 1. The number of carbonyl (C=O) groups is 3. The van der Waals surface area contributed by atoms with Gasteiger partial charge in [0.05, 0.1) is 38.5 Å². The Morgan fingerprint density at radius 3 is 2.38 bits per heavy atom. The van der Waals surface area contributed by atoms with Gasteiger partial charge in [-0.15, -0.1) is 0 Å². The van der Waals surface area contributed by atoms with Crippen LogP contribution in [0.3, 0.4) is 0 Å². The van der Waals surface area contributed by atoms with Gasteiger partial charge in [-0.05, 0) is 51.2 Å². The highest BCUT2D eigenvalue weighted by molar-refractivity contribution is 7.89. The fraction of sp³-hybridized carbons (Fsp3) is 0.267.